The third kappa shape index (κ3) is 3.33. The lowest BCUT2D eigenvalue weighted by Gasteiger charge is -2.27. The van der Waals surface area contributed by atoms with Gasteiger partial charge in [-0.3, -0.25) is 0 Å². The van der Waals surface area contributed by atoms with Gasteiger partial charge in [-0.05, 0) is 6.07 Å². The van der Waals surface area contributed by atoms with Crippen LogP contribution >= 0.6 is 0 Å². The van der Waals surface area contributed by atoms with Gasteiger partial charge in [0, 0.05) is 32.0 Å². The molecule has 0 amide bonds. The van der Waals surface area contributed by atoms with Crippen LogP contribution in [0, 0.1) is 0 Å². The van der Waals surface area contributed by atoms with Crippen molar-refractivity contribution in [3.05, 3.63) is 12.1 Å². The van der Waals surface area contributed by atoms with E-state index in [1.807, 2.05) is 12.1 Å². The van der Waals surface area contributed by atoms with Gasteiger partial charge in [0.1, 0.15) is 6.10 Å². The van der Waals surface area contributed by atoms with E-state index >= 15 is 0 Å². The molecule has 1 aromatic rings. The lowest BCUT2D eigenvalue weighted by molar-refractivity contribution is 0.0233. The van der Waals surface area contributed by atoms with Gasteiger partial charge in [0.25, 0.3) is 0 Å². The second kappa shape index (κ2) is 6.16. The molecule has 2 saturated heterocycles. The van der Waals surface area contributed by atoms with Crippen molar-refractivity contribution in [2.24, 2.45) is 0 Å². The Balaban J connectivity index is 1.58. The third-order valence-electron chi connectivity index (χ3n) is 3.42. The fourth-order valence-corrected chi connectivity index (χ4v) is 2.30. The monoisotopic (exact) mass is 265 g/mol. The van der Waals surface area contributed by atoms with E-state index < -0.39 is 0 Å². The van der Waals surface area contributed by atoms with Crippen molar-refractivity contribution in [2.75, 3.05) is 44.4 Å². The number of nitrogens with zero attached hydrogens (tertiary/aromatic N) is 3. The summed E-state index contributed by atoms with van der Waals surface area (Å²) in [6, 6.07) is 3.86. The summed E-state index contributed by atoms with van der Waals surface area (Å²) in [6.07, 6.45) is 2.05. The normalized spacial score (nSPS) is 21.4. The topological polar surface area (TPSA) is 56.7 Å². The van der Waals surface area contributed by atoms with Crippen LogP contribution in [-0.2, 0) is 9.47 Å². The molecule has 0 unspecified atom stereocenters. The fourth-order valence-electron chi connectivity index (χ4n) is 2.30. The predicted molar refractivity (Wildman–Crippen MR) is 69.5 cm³/mol. The van der Waals surface area contributed by atoms with Crippen molar-refractivity contribution in [1.29, 1.82) is 0 Å². The molecule has 2 aliphatic rings. The summed E-state index contributed by atoms with van der Waals surface area (Å²) in [5.74, 6) is 1.49. The first-order valence-corrected chi connectivity index (χ1v) is 6.82. The third-order valence-corrected chi connectivity index (χ3v) is 3.42. The van der Waals surface area contributed by atoms with Crippen molar-refractivity contribution < 1.29 is 14.2 Å². The van der Waals surface area contributed by atoms with Crippen molar-refractivity contribution in [3.63, 3.8) is 0 Å². The Morgan fingerprint density at radius 2 is 1.74 bits per heavy atom. The van der Waals surface area contributed by atoms with Crippen LogP contribution < -0.4 is 9.64 Å². The van der Waals surface area contributed by atoms with E-state index in [-0.39, 0.29) is 6.10 Å². The average Bonchev–Trinajstić information content (AvgIpc) is 2.50. The Hall–Kier alpha value is -1.40. The molecule has 0 bridgehead atoms. The molecule has 3 heterocycles. The van der Waals surface area contributed by atoms with Gasteiger partial charge >= 0.3 is 0 Å². The Bertz CT molecular complexity index is 387. The molecule has 0 saturated carbocycles. The number of aromatic nitrogens is 2. The first-order valence-electron chi connectivity index (χ1n) is 6.82. The highest BCUT2D eigenvalue weighted by Gasteiger charge is 2.17. The van der Waals surface area contributed by atoms with E-state index in [1.54, 1.807) is 0 Å². The summed E-state index contributed by atoms with van der Waals surface area (Å²) in [6.45, 7) is 4.78. The number of hydrogen-bond donors (Lipinski definition) is 0. The molecule has 0 N–H and O–H groups in total. The first kappa shape index (κ1) is 12.6. The zero-order valence-corrected chi connectivity index (χ0v) is 11.0. The molecule has 2 aliphatic heterocycles. The van der Waals surface area contributed by atoms with Crippen LogP contribution in [0.15, 0.2) is 12.1 Å². The van der Waals surface area contributed by atoms with Crippen molar-refractivity contribution in [3.8, 4) is 5.88 Å². The van der Waals surface area contributed by atoms with Crippen LogP contribution in [0.1, 0.15) is 12.8 Å². The highest BCUT2D eigenvalue weighted by atomic mass is 16.5. The zero-order chi connectivity index (χ0) is 12.9. The lowest BCUT2D eigenvalue weighted by Crippen LogP contribution is -2.36. The van der Waals surface area contributed by atoms with Gasteiger partial charge < -0.3 is 19.1 Å². The molecule has 1 aromatic heterocycles. The van der Waals surface area contributed by atoms with Crippen LogP contribution in [-0.4, -0.2) is 55.8 Å². The van der Waals surface area contributed by atoms with Gasteiger partial charge in [-0.15, -0.1) is 10.2 Å². The maximum atomic E-state index is 5.80. The molecule has 0 aliphatic carbocycles. The van der Waals surface area contributed by atoms with Gasteiger partial charge in [0.05, 0.1) is 26.4 Å². The number of morpholine rings is 1. The van der Waals surface area contributed by atoms with E-state index in [4.69, 9.17) is 14.2 Å². The van der Waals surface area contributed by atoms with Crippen LogP contribution in [0.5, 0.6) is 5.88 Å². The molecular weight excluding hydrogens is 246 g/mol. The quantitative estimate of drug-likeness (QED) is 0.808. The second-order valence-electron chi connectivity index (χ2n) is 4.76. The van der Waals surface area contributed by atoms with E-state index in [0.717, 1.165) is 58.2 Å². The molecule has 6 nitrogen and oxygen atoms in total. The van der Waals surface area contributed by atoms with Gasteiger partial charge in [-0.1, -0.05) is 0 Å². The van der Waals surface area contributed by atoms with Crippen LogP contribution in [0.3, 0.4) is 0 Å². The Morgan fingerprint density at radius 3 is 2.42 bits per heavy atom. The Labute approximate surface area is 112 Å². The summed E-state index contributed by atoms with van der Waals surface area (Å²) in [7, 11) is 0. The predicted octanol–water partition coefficient (Wildman–Crippen LogP) is 0.871. The van der Waals surface area contributed by atoms with E-state index in [1.165, 1.54) is 0 Å². The van der Waals surface area contributed by atoms with Crippen molar-refractivity contribution in [2.45, 2.75) is 18.9 Å². The molecule has 0 spiro atoms. The maximum Gasteiger partial charge on any atom is 0.233 e. The minimum atomic E-state index is 0.206. The largest absolute Gasteiger partial charge is 0.473 e. The molecular formula is C13H19N3O3. The Morgan fingerprint density at radius 1 is 1.00 bits per heavy atom. The van der Waals surface area contributed by atoms with E-state index in [9.17, 15) is 0 Å². The average molecular weight is 265 g/mol. The van der Waals surface area contributed by atoms with Gasteiger partial charge in [-0.2, -0.15) is 0 Å². The lowest BCUT2D eigenvalue weighted by atomic mass is 10.2. The summed E-state index contributed by atoms with van der Waals surface area (Å²) >= 11 is 0. The molecule has 0 radical (unpaired) electrons. The fraction of sp³-hybridized carbons (Fsp3) is 0.692. The Kier molecular flexibility index (Phi) is 4.10. The summed E-state index contributed by atoms with van der Waals surface area (Å²) in [5.41, 5.74) is 0. The smallest absolute Gasteiger partial charge is 0.233 e. The summed E-state index contributed by atoms with van der Waals surface area (Å²) in [4.78, 5) is 2.18. The van der Waals surface area contributed by atoms with Gasteiger partial charge in [0.15, 0.2) is 5.82 Å². The number of ether oxygens (including phenoxy) is 3. The standard InChI is InChI=1S/C13H19N3O3/c1-2-13(19-11-3-7-17-8-4-11)15-14-12(1)16-5-9-18-10-6-16/h1-2,11H,3-10H2. The molecule has 6 heteroatoms. The van der Waals surface area contributed by atoms with Crippen LogP contribution in [0.4, 0.5) is 5.82 Å². The minimum absolute atomic E-state index is 0.206. The van der Waals surface area contributed by atoms with Crippen molar-refractivity contribution in [1.82, 2.24) is 10.2 Å². The SMILES string of the molecule is c1cc(N2CCOCC2)nnc1OC1CCOCC1. The van der Waals surface area contributed by atoms with Gasteiger partial charge in [-0.25, -0.2) is 0 Å². The second-order valence-corrected chi connectivity index (χ2v) is 4.76. The molecule has 0 aromatic carbocycles. The number of hydrogen-bond acceptors (Lipinski definition) is 6. The molecule has 104 valence electrons. The molecule has 3 rings (SSSR count). The van der Waals surface area contributed by atoms with Crippen LogP contribution in [0.2, 0.25) is 0 Å². The van der Waals surface area contributed by atoms with E-state index in [2.05, 4.69) is 15.1 Å². The van der Waals surface area contributed by atoms with E-state index in [0.29, 0.717) is 5.88 Å². The van der Waals surface area contributed by atoms with Gasteiger partial charge in [0.2, 0.25) is 5.88 Å². The highest BCUT2D eigenvalue weighted by molar-refractivity contribution is 5.38. The molecule has 2 fully saturated rings. The summed E-state index contributed by atoms with van der Waals surface area (Å²) < 4.78 is 16.4. The number of anilines is 1. The van der Waals surface area contributed by atoms with Crippen molar-refractivity contribution >= 4 is 5.82 Å². The minimum Gasteiger partial charge on any atom is -0.473 e. The van der Waals surface area contributed by atoms with Crippen LogP contribution in [0.25, 0.3) is 0 Å². The maximum absolute atomic E-state index is 5.80. The molecule has 19 heavy (non-hydrogen) atoms. The zero-order valence-electron chi connectivity index (χ0n) is 11.0. The summed E-state index contributed by atoms with van der Waals surface area (Å²) in [5, 5.41) is 8.38. The first-order chi connectivity index (χ1) is 9.42. The molecule has 0 atom stereocenters. The highest BCUT2D eigenvalue weighted by Crippen LogP contribution is 2.18. The number of rotatable bonds is 3.